The predicted octanol–water partition coefficient (Wildman–Crippen LogP) is 1.57. The molecule has 25 heavy (non-hydrogen) atoms. The van der Waals surface area contributed by atoms with E-state index in [0.29, 0.717) is 11.8 Å². The summed E-state index contributed by atoms with van der Waals surface area (Å²) in [5.41, 5.74) is 6.08. The van der Waals surface area contributed by atoms with E-state index in [4.69, 9.17) is 15.0 Å². The zero-order valence-corrected chi connectivity index (χ0v) is 15.8. The number of nitrogens with one attached hydrogen (secondary N) is 1. The number of thioether (sulfide) groups is 1. The van der Waals surface area contributed by atoms with Crippen molar-refractivity contribution in [3.63, 3.8) is 0 Å². The summed E-state index contributed by atoms with van der Waals surface area (Å²) in [7, 11) is -4.28. The highest BCUT2D eigenvalue weighted by atomic mass is 32.2. The summed E-state index contributed by atoms with van der Waals surface area (Å²) >= 11 is 1.51. The summed E-state index contributed by atoms with van der Waals surface area (Å²) in [6.07, 6.45) is 9.09. The molecule has 7 nitrogen and oxygen atoms in total. The average Bonchev–Trinajstić information content (AvgIpc) is 3.05. The van der Waals surface area contributed by atoms with Crippen LogP contribution in [0.25, 0.3) is 0 Å². The third-order valence-electron chi connectivity index (χ3n) is 4.24. The van der Waals surface area contributed by atoms with Gasteiger partial charge in [0.2, 0.25) is 5.91 Å². The molecule has 2 rings (SSSR count). The maximum absolute atomic E-state index is 11.9. The van der Waals surface area contributed by atoms with Gasteiger partial charge in [0.15, 0.2) is 0 Å². The zero-order chi connectivity index (χ0) is 18.3. The third kappa shape index (κ3) is 7.01. The second-order valence-electron chi connectivity index (χ2n) is 6.30. The molecule has 0 aromatic carbocycles. The molecule has 1 atom stereocenters. The number of nitrogens with two attached hydrogens (primary N) is 1. The molecular weight excluding hydrogens is 364 g/mol. The van der Waals surface area contributed by atoms with E-state index in [1.54, 1.807) is 6.08 Å². The van der Waals surface area contributed by atoms with E-state index in [0.717, 1.165) is 31.6 Å². The Balaban J connectivity index is 1.61. The molecule has 0 bridgehead atoms. The van der Waals surface area contributed by atoms with Gasteiger partial charge in [-0.3, -0.25) is 9.35 Å². The summed E-state index contributed by atoms with van der Waals surface area (Å²) in [5.74, 6) is 0.923. The molecule has 0 aliphatic heterocycles. The van der Waals surface area contributed by atoms with Gasteiger partial charge in [-0.25, -0.2) is 0 Å². The summed E-state index contributed by atoms with van der Waals surface area (Å²) in [6, 6.07) is 0. The molecule has 1 amide bonds. The quantitative estimate of drug-likeness (QED) is 0.404. The molecule has 1 saturated carbocycles. The number of rotatable bonds is 9. The Hall–Kier alpha value is -1.03. The molecule has 2 aliphatic rings. The van der Waals surface area contributed by atoms with Gasteiger partial charge in [-0.1, -0.05) is 12.8 Å². The predicted molar refractivity (Wildman–Crippen MR) is 98.6 cm³/mol. The average molecular weight is 391 g/mol. The second kappa shape index (κ2) is 9.61. The van der Waals surface area contributed by atoms with Crippen molar-refractivity contribution in [3.05, 3.63) is 23.5 Å². The fourth-order valence-corrected chi connectivity index (χ4v) is 4.44. The van der Waals surface area contributed by atoms with Gasteiger partial charge in [0, 0.05) is 24.4 Å². The van der Waals surface area contributed by atoms with Crippen molar-refractivity contribution in [2.75, 3.05) is 18.1 Å². The van der Waals surface area contributed by atoms with Crippen LogP contribution in [0.3, 0.4) is 0 Å². The first-order chi connectivity index (χ1) is 11.9. The summed E-state index contributed by atoms with van der Waals surface area (Å²) in [6.45, 7) is 0.727. The van der Waals surface area contributed by atoms with Gasteiger partial charge in [-0.2, -0.15) is 20.2 Å². The number of amides is 1. The molecule has 0 saturated heterocycles. The highest BCUT2D eigenvalue weighted by Gasteiger charge is 2.29. The number of hydrogen-bond donors (Lipinski definition) is 3. The van der Waals surface area contributed by atoms with E-state index in [-0.39, 0.29) is 23.8 Å². The lowest BCUT2D eigenvalue weighted by Gasteiger charge is -2.20. The maximum Gasteiger partial charge on any atom is 0.273 e. The van der Waals surface area contributed by atoms with Crippen molar-refractivity contribution in [2.24, 2.45) is 5.73 Å². The van der Waals surface area contributed by atoms with Gasteiger partial charge in [0.1, 0.15) is 5.25 Å². The number of hydrogen-bond acceptors (Lipinski definition) is 6. The van der Waals surface area contributed by atoms with Crippen LogP contribution in [0.5, 0.6) is 0 Å². The van der Waals surface area contributed by atoms with E-state index < -0.39 is 15.4 Å². The molecule has 0 aromatic heterocycles. The molecule has 0 aromatic rings. The Morgan fingerprint density at radius 2 is 2.08 bits per heavy atom. The first-order valence-electron chi connectivity index (χ1n) is 8.48. The van der Waals surface area contributed by atoms with Crippen molar-refractivity contribution in [1.29, 1.82) is 0 Å². The van der Waals surface area contributed by atoms with Crippen LogP contribution < -0.4 is 11.1 Å². The van der Waals surface area contributed by atoms with Crippen molar-refractivity contribution >= 4 is 27.8 Å². The standard InChI is InChI=1S/C16H26N2O5S2/c17-14-7-6-12(10-15(14)25(20,21)22)18-16(19)11-24-9-3-8-23-13-4-1-2-5-13/h6-7,13,15H,1-5,8-11,17H2,(H,18,19)(H,20,21,22). The van der Waals surface area contributed by atoms with Gasteiger partial charge in [-0.05, 0) is 37.2 Å². The molecule has 1 unspecified atom stereocenters. The van der Waals surface area contributed by atoms with Gasteiger partial charge < -0.3 is 15.8 Å². The Bertz CT molecular complexity index is 624. The highest BCUT2D eigenvalue weighted by molar-refractivity contribution is 7.99. The van der Waals surface area contributed by atoms with Gasteiger partial charge in [-0.15, -0.1) is 0 Å². The van der Waals surface area contributed by atoms with Crippen LogP contribution in [0, 0.1) is 0 Å². The lowest BCUT2D eigenvalue weighted by atomic mass is 10.1. The first-order valence-corrected chi connectivity index (χ1v) is 11.1. The molecule has 142 valence electrons. The van der Waals surface area contributed by atoms with Crippen LogP contribution in [0.15, 0.2) is 23.5 Å². The van der Waals surface area contributed by atoms with Crippen LogP contribution in [0.4, 0.5) is 0 Å². The molecule has 9 heteroatoms. The van der Waals surface area contributed by atoms with Crippen molar-refractivity contribution in [2.45, 2.75) is 49.9 Å². The first kappa shape index (κ1) is 20.3. The smallest absolute Gasteiger partial charge is 0.273 e. The Morgan fingerprint density at radius 1 is 1.36 bits per heavy atom. The number of ether oxygens (including phenoxy) is 1. The van der Waals surface area contributed by atoms with Gasteiger partial charge in [0.25, 0.3) is 10.1 Å². The zero-order valence-electron chi connectivity index (χ0n) is 14.1. The van der Waals surface area contributed by atoms with Crippen LogP contribution in [-0.2, 0) is 19.6 Å². The van der Waals surface area contributed by atoms with Crippen molar-refractivity contribution in [3.8, 4) is 0 Å². The van der Waals surface area contributed by atoms with Crippen LogP contribution in [0.1, 0.15) is 38.5 Å². The Morgan fingerprint density at radius 3 is 2.76 bits per heavy atom. The molecule has 4 N–H and O–H groups in total. The number of carbonyl (C=O) groups excluding carboxylic acids is 1. The molecule has 2 aliphatic carbocycles. The fourth-order valence-electron chi connectivity index (χ4n) is 2.91. The summed E-state index contributed by atoms with van der Waals surface area (Å²) in [5, 5.41) is 1.47. The van der Waals surface area contributed by atoms with E-state index in [2.05, 4.69) is 5.32 Å². The van der Waals surface area contributed by atoms with Crippen LogP contribution in [-0.4, -0.2) is 48.3 Å². The van der Waals surface area contributed by atoms with E-state index in [1.807, 2.05) is 0 Å². The second-order valence-corrected chi connectivity index (χ2v) is 9.00. The molecular formula is C16H26N2O5S2. The molecule has 1 fully saturated rings. The topological polar surface area (TPSA) is 119 Å². The minimum Gasteiger partial charge on any atom is -0.401 e. The number of allylic oxidation sites excluding steroid dienone is 3. The van der Waals surface area contributed by atoms with Crippen LogP contribution in [0.2, 0.25) is 0 Å². The Kier molecular flexibility index (Phi) is 7.80. The summed E-state index contributed by atoms with van der Waals surface area (Å²) < 4.78 is 37.5. The lowest BCUT2D eigenvalue weighted by molar-refractivity contribution is -0.117. The summed E-state index contributed by atoms with van der Waals surface area (Å²) in [4.78, 5) is 11.9. The van der Waals surface area contributed by atoms with Crippen molar-refractivity contribution < 1.29 is 22.5 Å². The minimum atomic E-state index is -4.28. The van der Waals surface area contributed by atoms with Crippen molar-refractivity contribution in [1.82, 2.24) is 5.32 Å². The largest absolute Gasteiger partial charge is 0.401 e. The number of carbonyl (C=O) groups is 1. The molecule has 0 spiro atoms. The highest BCUT2D eigenvalue weighted by Crippen LogP contribution is 2.22. The van der Waals surface area contributed by atoms with Crippen LogP contribution >= 0.6 is 11.8 Å². The third-order valence-corrected chi connectivity index (χ3v) is 6.44. The van der Waals surface area contributed by atoms with E-state index >= 15 is 0 Å². The Labute approximate surface area is 153 Å². The SMILES string of the molecule is NC1=CC=C(NC(=O)CSCCCOC2CCCC2)CC1S(=O)(=O)O. The monoisotopic (exact) mass is 390 g/mol. The maximum atomic E-state index is 11.9. The fraction of sp³-hybridized carbons (Fsp3) is 0.688. The lowest BCUT2D eigenvalue weighted by Crippen LogP contribution is -2.34. The van der Waals surface area contributed by atoms with Gasteiger partial charge >= 0.3 is 0 Å². The van der Waals surface area contributed by atoms with Gasteiger partial charge in [0.05, 0.1) is 11.9 Å². The normalized spacial score (nSPS) is 21.7. The molecule has 0 heterocycles. The van der Waals surface area contributed by atoms with E-state index in [9.17, 15) is 13.2 Å². The molecule has 0 radical (unpaired) electrons. The minimum absolute atomic E-state index is 0.0349. The van der Waals surface area contributed by atoms with E-state index in [1.165, 1.54) is 30.7 Å².